The average Bonchev–Trinajstić information content (AvgIpc) is 3.06. The maximum atomic E-state index is 14.0. The molecule has 0 radical (unpaired) electrons. The van der Waals surface area contributed by atoms with Crippen molar-refractivity contribution in [3.05, 3.63) is 75.3 Å². The van der Waals surface area contributed by atoms with Gasteiger partial charge in [0.25, 0.3) is 0 Å². The van der Waals surface area contributed by atoms with E-state index in [0.29, 0.717) is 18.2 Å². The molecule has 1 atom stereocenters. The molecule has 0 saturated carbocycles. The molecule has 0 saturated heterocycles. The van der Waals surface area contributed by atoms with Gasteiger partial charge in [-0.2, -0.15) is 26.3 Å². The van der Waals surface area contributed by atoms with Gasteiger partial charge in [-0.25, -0.2) is 4.79 Å². The molecule has 1 heterocycles. The van der Waals surface area contributed by atoms with Crippen molar-refractivity contribution in [3.63, 3.8) is 0 Å². The quantitative estimate of drug-likeness (QED) is 0.588. The topological polar surface area (TPSA) is 58.6 Å². The van der Waals surface area contributed by atoms with Crippen LogP contribution in [-0.4, -0.2) is 17.3 Å². The van der Waals surface area contributed by atoms with E-state index in [2.05, 4.69) is 5.48 Å². The summed E-state index contributed by atoms with van der Waals surface area (Å²) >= 11 is 5.65. The maximum Gasteiger partial charge on any atom is 0.428 e. The Balaban J connectivity index is 2.16. The zero-order valence-corrected chi connectivity index (χ0v) is 15.7. The largest absolute Gasteiger partial charge is 0.478 e. The molecule has 2 aromatic carbocycles. The van der Waals surface area contributed by atoms with Gasteiger partial charge in [-0.3, -0.25) is 10.3 Å². The van der Waals surface area contributed by atoms with Crippen LogP contribution in [0.15, 0.2) is 42.5 Å². The zero-order valence-electron chi connectivity index (χ0n) is 15.0. The van der Waals surface area contributed by atoms with Gasteiger partial charge in [0, 0.05) is 10.6 Å². The van der Waals surface area contributed by atoms with Crippen LogP contribution in [0.4, 0.5) is 26.3 Å². The van der Waals surface area contributed by atoms with Crippen molar-refractivity contribution >= 4 is 23.3 Å². The van der Waals surface area contributed by atoms with Crippen LogP contribution >= 0.6 is 11.6 Å². The first-order valence-electron chi connectivity index (χ1n) is 8.21. The Morgan fingerprint density at radius 3 is 2.30 bits per heavy atom. The molecule has 11 heteroatoms. The third-order valence-corrected chi connectivity index (χ3v) is 4.73. The van der Waals surface area contributed by atoms with Gasteiger partial charge in [0.2, 0.25) is 5.60 Å². The second-order valence-corrected chi connectivity index (χ2v) is 6.99. The monoisotopic (exact) mass is 451 g/mol. The summed E-state index contributed by atoms with van der Waals surface area (Å²) in [5, 5.41) is 8.52. The van der Waals surface area contributed by atoms with Crippen LogP contribution in [0.2, 0.25) is 5.02 Å². The van der Waals surface area contributed by atoms with E-state index in [9.17, 15) is 31.1 Å². The standard InChI is InChI=1S/C19H12ClF6NO3/c1-9-4-10(2-3-14(9)16(28)29)15-8-17(30-27-15,19(24,25)26)11-5-12(18(21,22)23)7-13(20)6-11/h2-8,27H,1H3,(H,28,29). The van der Waals surface area contributed by atoms with Crippen LogP contribution in [-0.2, 0) is 16.6 Å². The van der Waals surface area contributed by atoms with E-state index < -0.39 is 40.1 Å². The predicted octanol–water partition coefficient (Wildman–Crippen LogP) is 5.70. The van der Waals surface area contributed by atoms with Crippen LogP contribution in [0.5, 0.6) is 0 Å². The SMILES string of the molecule is Cc1cc(C2=CC(c3cc(Cl)cc(C(F)(F)F)c3)(C(F)(F)F)ON2)ccc1C(=O)O. The van der Waals surface area contributed by atoms with E-state index in [1.54, 1.807) is 0 Å². The molecule has 0 spiro atoms. The summed E-state index contributed by atoms with van der Waals surface area (Å²) in [6.45, 7) is 1.45. The number of hydrogen-bond acceptors (Lipinski definition) is 3. The highest BCUT2D eigenvalue weighted by molar-refractivity contribution is 6.30. The average molecular weight is 452 g/mol. The van der Waals surface area contributed by atoms with Gasteiger partial charge in [-0.1, -0.05) is 17.7 Å². The molecule has 0 amide bonds. The van der Waals surface area contributed by atoms with Gasteiger partial charge in [0.1, 0.15) is 0 Å². The molecule has 3 rings (SSSR count). The Morgan fingerprint density at radius 2 is 1.77 bits per heavy atom. The number of halogens is 7. The molecule has 1 aliphatic heterocycles. The molecule has 0 aliphatic carbocycles. The Kier molecular flexibility index (Phi) is 5.28. The zero-order chi connectivity index (χ0) is 22.5. The van der Waals surface area contributed by atoms with Crippen LogP contribution in [0.3, 0.4) is 0 Å². The van der Waals surface area contributed by atoms with Crippen molar-refractivity contribution in [2.24, 2.45) is 0 Å². The fourth-order valence-corrected chi connectivity index (χ4v) is 3.26. The second kappa shape index (κ2) is 7.21. The minimum atomic E-state index is -5.15. The molecule has 1 aliphatic rings. The smallest absolute Gasteiger partial charge is 0.428 e. The summed E-state index contributed by atoms with van der Waals surface area (Å²) in [6, 6.07) is 5.34. The van der Waals surface area contributed by atoms with E-state index in [0.717, 1.165) is 6.07 Å². The fourth-order valence-electron chi connectivity index (χ4n) is 3.02. The summed E-state index contributed by atoms with van der Waals surface area (Å²) in [7, 11) is 0. The number of hydrogen-bond donors (Lipinski definition) is 2. The number of alkyl halides is 6. The maximum absolute atomic E-state index is 14.0. The van der Waals surface area contributed by atoms with Crippen LogP contribution in [0.25, 0.3) is 5.70 Å². The molecule has 4 nitrogen and oxygen atoms in total. The molecule has 30 heavy (non-hydrogen) atoms. The molecule has 2 aromatic rings. The number of rotatable bonds is 3. The molecule has 0 aromatic heterocycles. The lowest BCUT2D eigenvalue weighted by atomic mass is 9.90. The lowest BCUT2D eigenvalue weighted by molar-refractivity contribution is -0.269. The Hall–Kier alpha value is -2.72. The van der Waals surface area contributed by atoms with Crippen molar-refractivity contribution < 1.29 is 41.1 Å². The van der Waals surface area contributed by atoms with Crippen molar-refractivity contribution in [2.75, 3.05) is 0 Å². The lowest BCUT2D eigenvalue weighted by Crippen LogP contribution is -2.42. The Morgan fingerprint density at radius 1 is 1.10 bits per heavy atom. The van der Waals surface area contributed by atoms with Crippen molar-refractivity contribution in [2.45, 2.75) is 24.9 Å². The van der Waals surface area contributed by atoms with E-state index in [1.807, 2.05) is 0 Å². The number of benzene rings is 2. The Bertz CT molecular complexity index is 1050. The summed E-state index contributed by atoms with van der Waals surface area (Å²) in [5.41, 5.74) is -3.19. The third kappa shape index (κ3) is 3.84. The second-order valence-electron chi connectivity index (χ2n) is 6.56. The highest BCUT2D eigenvalue weighted by Gasteiger charge is 2.60. The van der Waals surface area contributed by atoms with Crippen molar-refractivity contribution in [1.82, 2.24) is 5.48 Å². The minimum Gasteiger partial charge on any atom is -0.478 e. The highest BCUT2D eigenvalue weighted by atomic mass is 35.5. The van der Waals surface area contributed by atoms with Crippen LogP contribution < -0.4 is 5.48 Å². The summed E-state index contributed by atoms with van der Waals surface area (Å²) < 4.78 is 81.2. The number of carboxylic acids is 1. The lowest BCUT2D eigenvalue weighted by Gasteiger charge is -2.29. The summed E-state index contributed by atoms with van der Waals surface area (Å²) in [4.78, 5) is 15.9. The van der Waals surface area contributed by atoms with Gasteiger partial charge < -0.3 is 5.11 Å². The number of hydroxylamine groups is 1. The molecule has 0 fully saturated rings. The first-order valence-corrected chi connectivity index (χ1v) is 8.58. The highest BCUT2D eigenvalue weighted by Crippen LogP contribution is 2.48. The van der Waals surface area contributed by atoms with Crippen LogP contribution in [0, 0.1) is 6.92 Å². The molecule has 0 bridgehead atoms. The first kappa shape index (κ1) is 22.0. The van der Waals surface area contributed by atoms with E-state index in [4.69, 9.17) is 21.5 Å². The normalized spacial score (nSPS) is 19.4. The Labute approximate surface area is 170 Å². The summed E-state index contributed by atoms with van der Waals surface area (Å²) in [6.07, 6.45) is -9.48. The number of carboxylic acid groups (broad SMARTS) is 1. The number of aromatic carboxylic acids is 1. The molecular weight excluding hydrogens is 440 g/mol. The van der Waals surface area contributed by atoms with E-state index in [-0.39, 0.29) is 22.4 Å². The van der Waals surface area contributed by atoms with Crippen LogP contribution in [0.1, 0.15) is 32.6 Å². The summed E-state index contributed by atoms with van der Waals surface area (Å²) in [5.74, 6) is -1.22. The van der Waals surface area contributed by atoms with Gasteiger partial charge in [0.05, 0.1) is 16.8 Å². The van der Waals surface area contributed by atoms with Gasteiger partial charge in [0.15, 0.2) is 0 Å². The van der Waals surface area contributed by atoms with Gasteiger partial charge >= 0.3 is 18.3 Å². The van der Waals surface area contributed by atoms with Crippen molar-refractivity contribution in [1.29, 1.82) is 0 Å². The number of nitrogens with one attached hydrogen (secondary N) is 1. The molecule has 160 valence electrons. The molecule has 2 N–H and O–H groups in total. The number of carbonyl (C=O) groups is 1. The van der Waals surface area contributed by atoms with E-state index in [1.165, 1.54) is 25.1 Å². The molecular formula is C19H12ClF6NO3. The van der Waals surface area contributed by atoms with Crippen molar-refractivity contribution in [3.8, 4) is 0 Å². The number of aryl methyl sites for hydroxylation is 1. The first-order chi connectivity index (χ1) is 13.7. The third-order valence-electron chi connectivity index (χ3n) is 4.51. The molecule has 1 unspecified atom stereocenters. The van der Waals surface area contributed by atoms with E-state index >= 15 is 0 Å². The minimum absolute atomic E-state index is 0.0509. The van der Waals surface area contributed by atoms with Gasteiger partial charge in [-0.15, -0.1) is 0 Å². The predicted molar refractivity (Wildman–Crippen MR) is 94.5 cm³/mol. The fraction of sp³-hybridized carbons (Fsp3) is 0.211. The van der Waals surface area contributed by atoms with Gasteiger partial charge in [-0.05, 0) is 54.5 Å².